The number of benzene rings is 3. The SMILES string of the molecule is Cc1cc(C)c(S(=O)(=O)NC(Cc2ccc(-c3ccc(C)c(NC(=O)Nc4cccnc4)c3)cc2)C(=O)O)c(C)c1. The molecule has 212 valence electrons. The van der Waals surface area contributed by atoms with Gasteiger partial charge in [-0.3, -0.25) is 9.78 Å². The molecule has 4 aromatic rings. The molecule has 0 bridgehead atoms. The normalized spacial score (nSPS) is 12.0. The van der Waals surface area contributed by atoms with Crippen LogP contribution in [0.4, 0.5) is 16.2 Å². The average molecular weight is 573 g/mol. The third-order valence-corrected chi connectivity index (χ3v) is 8.38. The van der Waals surface area contributed by atoms with Crippen LogP contribution in [0, 0.1) is 27.7 Å². The quantitative estimate of drug-likeness (QED) is 0.206. The van der Waals surface area contributed by atoms with E-state index in [1.165, 1.54) is 0 Å². The van der Waals surface area contributed by atoms with Crippen LogP contribution in [0.15, 0.2) is 84.0 Å². The fourth-order valence-corrected chi connectivity index (χ4v) is 6.39. The Hall–Kier alpha value is -4.54. The van der Waals surface area contributed by atoms with Crippen LogP contribution < -0.4 is 15.4 Å². The maximum absolute atomic E-state index is 13.2. The Bertz CT molecular complexity index is 1660. The summed E-state index contributed by atoms with van der Waals surface area (Å²) in [6.07, 6.45) is 3.14. The van der Waals surface area contributed by atoms with E-state index < -0.39 is 28.1 Å². The minimum absolute atomic E-state index is 0.0337. The van der Waals surface area contributed by atoms with Gasteiger partial charge in [-0.2, -0.15) is 4.72 Å². The Kier molecular flexibility index (Phi) is 8.85. The topological polar surface area (TPSA) is 137 Å². The molecule has 0 radical (unpaired) electrons. The van der Waals surface area contributed by atoms with Crippen LogP contribution in [0.1, 0.15) is 27.8 Å². The lowest BCUT2D eigenvalue weighted by molar-refractivity contribution is -0.138. The number of aromatic nitrogens is 1. The van der Waals surface area contributed by atoms with Gasteiger partial charge in [-0.15, -0.1) is 0 Å². The molecule has 10 heteroatoms. The second-order valence-electron chi connectivity index (χ2n) is 9.99. The number of carboxylic acids is 1. The summed E-state index contributed by atoms with van der Waals surface area (Å²) in [6.45, 7) is 7.16. The highest BCUT2D eigenvalue weighted by Crippen LogP contribution is 2.27. The summed E-state index contributed by atoms with van der Waals surface area (Å²) in [5, 5.41) is 15.4. The van der Waals surface area contributed by atoms with Gasteiger partial charge in [0.05, 0.1) is 16.8 Å². The lowest BCUT2D eigenvalue weighted by atomic mass is 9.99. The molecule has 2 amide bonds. The van der Waals surface area contributed by atoms with Gasteiger partial charge in [-0.1, -0.05) is 54.1 Å². The molecule has 0 saturated heterocycles. The molecule has 9 nitrogen and oxygen atoms in total. The summed E-state index contributed by atoms with van der Waals surface area (Å²) in [7, 11) is -4.07. The van der Waals surface area contributed by atoms with Gasteiger partial charge in [-0.25, -0.2) is 13.2 Å². The van der Waals surface area contributed by atoms with Crippen LogP contribution in [0.5, 0.6) is 0 Å². The number of urea groups is 1. The number of aliphatic carboxylic acids is 1. The fraction of sp³-hybridized carbons (Fsp3) is 0.194. The maximum atomic E-state index is 13.2. The fourth-order valence-electron chi connectivity index (χ4n) is 4.74. The molecule has 0 aliphatic carbocycles. The molecule has 0 aliphatic heterocycles. The van der Waals surface area contributed by atoms with E-state index in [4.69, 9.17) is 0 Å². The molecule has 0 spiro atoms. The Labute approximate surface area is 239 Å². The minimum atomic E-state index is -4.07. The summed E-state index contributed by atoms with van der Waals surface area (Å²) in [5.74, 6) is -1.26. The summed E-state index contributed by atoms with van der Waals surface area (Å²) in [4.78, 5) is 28.6. The number of anilines is 2. The van der Waals surface area contributed by atoms with E-state index in [2.05, 4.69) is 20.3 Å². The molecule has 4 N–H and O–H groups in total. The smallest absolute Gasteiger partial charge is 0.323 e. The van der Waals surface area contributed by atoms with Crippen LogP contribution in [0.25, 0.3) is 11.1 Å². The maximum Gasteiger partial charge on any atom is 0.323 e. The van der Waals surface area contributed by atoms with Crippen LogP contribution in [-0.4, -0.2) is 36.6 Å². The van der Waals surface area contributed by atoms with Crippen molar-refractivity contribution in [3.63, 3.8) is 0 Å². The predicted octanol–water partition coefficient (Wildman–Crippen LogP) is 5.60. The molecular weight excluding hydrogens is 540 g/mol. The van der Waals surface area contributed by atoms with E-state index >= 15 is 0 Å². The van der Waals surface area contributed by atoms with Gasteiger partial charge in [0.15, 0.2) is 0 Å². The lowest BCUT2D eigenvalue weighted by Gasteiger charge is -2.18. The molecule has 3 aromatic carbocycles. The standard InChI is InChI=1S/C31H32N4O5S/c1-19-14-21(3)29(22(4)15-19)41(39,40)35-28(30(36)37)16-23-8-11-24(12-9-23)25-10-7-20(2)27(17-25)34-31(38)33-26-6-5-13-32-18-26/h5-15,17-18,28,35H,16H2,1-4H3,(H,36,37)(H2,33,34,38). The van der Waals surface area contributed by atoms with Gasteiger partial charge in [0.1, 0.15) is 6.04 Å². The largest absolute Gasteiger partial charge is 0.480 e. The second-order valence-corrected chi connectivity index (χ2v) is 11.6. The number of rotatable bonds is 9. The van der Waals surface area contributed by atoms with Crippen molar-refractivity contribution < 1.29 is 23.1 Å². The van der Waals surface area contributed by atoms with Crippen LogP contribution in [0.2, 0.25) is 0 Å². The molecule has 1 unspecified atom stereocenters. The molecule has 1 atom stereocenters. The first-order valence-corrected chi connectivity index (χ1v) is 14.4. The summed E-state index contributed by atoms with van der Waals surface area (Å²) in [6, 6.07) is 18.1. The van der Waals surface area contributed by atoms with Gasteiger partial charge in [0.2, 0.25) is 10.0 Å². The van der Waals surface area contributed by atoms with E-state index in [1.54, 1.807) is 62.6 Å². The molecule has 0 aliphatic rings. The van der Waals surface area contributed by atoms with Crippen molar-refractivity contribution >= 4 is 33.4 Å². The molecule has 41 heavy (non-hydrogen) atoms. The number of nitrogens with one attached hydrogen (secondary N) is 3. The summed E-state index contributed by atoms with van der Waals surface area (Å²) >= 11 is 0. The second kappa shape index (κ2) is 12.3. The van der Waals surface area contributed by atoms with Crippen molar-refractivity contribution in [2.45, 2.75) is 45.1 Å². The Morgan fingerprint density at radius 2 is 1.51 bits per heavy atom. The number of pyridine rings is 1. The van der Waals surface area contributed by atoms with Gasteiger partial charge < -0.3 is 15.7 Å². The van der Waals surface area contributed by atoms with Crippen molar-refractivity contribution in [3.8, 4) is 11.1 Å². The highest BCUT2D eigenvalue weighted by atomic mass is 32.2. The van der Waals surface area contributed by atoms with Gasteiger partial charge in [0, 0.05) is 11.9 Å². The van der Waals surface area contributed by atoms with Crippen molar-refractivity contribution in [1.82, 2.24) is 9.71 Å². The molecular formula is C31H32N4O5S. The number of sulfonamides is 1. The number of hydrogen-bond acceptors (Lipinski definition) is 5. The van der Waals surface area contributed by atoms with Crippen molar-refractivity contribution in [1.29, 1.82) is 0 Å². The molecule has 0 fully saturated rings. The van der Waals surface area contributed by atoms with Gasteiger partial charge in [-0.05, 0) is 85.7 Å². The average Bonchev–Trinajstić information content (AvgIpc) is 2.89. The van der Waals surface area contributed by atoms with E-state index in [9.17, 15) is 23.1 Å². The zero-order valence-electron chi connectivity index (χ0n) is 23.2. The number of hydrogen-bond donors (Lipinski definition) is 4. The number of amides is 2. The highest BCUT2D eigenvalue weighted by molar-refractivity contribution is 7.89. The lowest BCUT2D eigenvalue weighted by Crippen LogP contribution is -2.42. The first kappa shape index (κ1) is 29.4. The summed E-state index contributed by atoms with van der Waals surface area (Å²) in [5.41, 5.74) is 6.48. The third kappa shape index (κ3) is 7.36. The van der Waals surface area contributed by atoms with E-state index in [-0.39, 0.29) is 11.3 Å². The number of carbonyl (C=O) groups excluding carboxylic acids is 1. The zero-order chi connectivity index (χ0) is 29.7. The van der Waals surface area contributed by atoms with E-state index in [1.807, 2.05) is 44.2 Å². The van der Waals surface area contributed by atoms with Crippen LogP contribution >= 0.6 is 0 Å². The minimum Gasteiger partial charge on any atom is -0.480 e. The zero-order valence-corrected chi connectivity index (χ0v) is 24.0. The number of carbonyl (C=O) groups is 2. The summed E-state index contributed by atoms with van der Waals surface area (Å²) < 4.78 is 28.7. The van der Waals surface area contributed by atoms with E-state index in [0.717, 1.165) is 22.3 Å². The Balaban J connectivity index is 1.48. The first-order chi connectivity index (χ1) is 19.4. The Morgan fingerprint density at radius 3 is 2.12 bits per heavy atom. The number of nitrogens with zero attached hydrogens (tertiary/aromatic N) is 1. The van der Waals surface area contributed by atoms with Gasteiger partial charge in [0.25, 0.3) is 0 Å². The van der Waals surface area contributed by atoms with Crippen molar-refractivity contribution in [3.05, 3.63) is 107 Å². The molecule has 1 heterocycles. The third-order valence-electron chi connectivity index (χ3n) is 6.60. The monoisotopic (exact) mass is 572 g/mol. The molecule has 1 aromatic heterocycles. The molecule has 0 saturated carbocycles. The predicted molar refractivity (Wildman–Crippen MR) is 160 cm³/mol. The van der Waals surface area contributed by atoms with Crippen LogP contribution in [0.3, 0.4) is 0 Å². The number of carboxylic acid groups (broad SMARTS) is 1. The van der Waals surface area contributed by atoms with Crippen molar-refractivity contribution in [2.24, 2.45) is 0 Å². The highest BCUT2D eigenvalue weighted by Gasteiger charge is 2.28. The van der Waals surface area contributed by atoms with Gasteiger partial charge >= 0.3 is 12.0 Å². The first-order valence-electron chi connectivity index (χ1n) is 12.9. The molecule has 4 rings (SSSR count). The van der Waals surface area contributed by atoms with E-state index in [0.29, 0.717) is 28.1 Å². The van der Waals surface area contributed by atoms with Crippen molar-refractivity contribution in [2.75, 3.05) is 10.6 Å². The number of aryl methyl sites for hydroxylation is 4. The van der Waals surface area contributed by atoms with Crippen LogP contribution in [-0.2, 0) is 21.2 Å². The Morgan fingerprint density at radius 1 is 0.854 bits per heavy atom.